The van der Waals surface area contributed by atoms with E-state index in [0.29, 0.717) is 0 Å². The minimum Gasteiger partial charge on any atom is -0.456 e. The Morgan fingerprint density at radius 3 is 1.76 bits per heavy atom. The van der Waals surface area contributed by atoms with Crippen LogP contribution in [0.4, 0.5) is 17.1 Å². The Bertz CT molecular complexity index is 3280. The zero-order valence-electron chi connectivity index (χ0n) is 31.5. The molecule has 0 bridgehead atoms. The van der Waals surface area contributed by atoms with Crippen LogP contribution in [0, 0.1) is 0 Å². The summed E-state index contributed by atoms with van der Waals surface area (Å²) in [6.07, 6.45) is 0. The third-order valence-corrected chi connectivity index (χ3v) is 11.0. The molecule has 272 valence electrons. The fraction of sp³-hybridized carbons (Fsp3) is 0. The Morgan fingerprint density at radius 1 is 0.362 bits per heavy atom. The fourth-order valence-electron chi connectivity index (χ4n) is 8.26. The van der Waals surface area contributed by atoms with E-state index in [0.717, 1.165) is 94.4 Å². The number of benzene rings is 9. The van der Waals surface area contributed by atoms with Crippen LogP contribution in [0.3, 0.4) is 0 Å². The van der Waals surface area contributed by atoms with Crippen LogP contribution >= 0.6 is 0 Å². The second kappa shape index (κ2) is 14.0. The second-order valence-electron chi connectivity index (χ2n) is 14.6. The molecular formula is C54H35N3O. The molecule has 0 aliphatic carbocycles. The van der Waals surface area contributed by atoms with Crippen LogP contribution in [0.25, 0.3) is 88.5 Å². The van der Waals surface area contributed by atoms with Crippen LogP contribution < -0.4 is 4.90 Å². The summed E-state index contributed by atoms with van der Waals surface area (Å²) in [6.45, 7) is 0. The lowest BCUT2D eigenvalue weighted by Gasteiger charge is -2.28. The molecule has 0 atom stereocenters. The molecule has 9 aromatic carbocycles. The number of hydrogen-bond donors (Lipinski definition) is 0. The van der Waals surface area contributed by atoms with Crippen molar-refractivity contribution in [3.05, 3.63) is 212 Å². The monoisotopic (exact) mass is 741 g/mol. The van der Waals surface area contributed by atoms with Gasteiger partial charge < -0.3 is 9.32 Å². The lowest BCUT2D eigenvalue weighted by Crippen LogP contribution is -2.11. The molecule has 2 aromatic heterocycles. The average molecular weight is 742 g/mol. The van der Waals surface area contributed by atoms with Crippen molar-refractivity contribution in [1.82, 2.24) is 9.97 Å². The van der Waals surface area contributed by atoms with Crippen molar-refractivity contribution in [1.29, 1.82) is 0 Å². The van der Waals surface area contributed by atoms with Gasteiger partial charge in [-0.1, -0.05) is 158 Å². The average Bonchev–Trinajstić information content (AvgIpc) is 3.68. The van der Waals surface area contributed by atoms with E-state index in [1.54, 1.807) is 0 Å². The summed E-state index contributed by atoms with van der Waals surface area (Å²) >= 11 is 0. The van der Waals surface area contributed by atoms with Gasteiger partial charge in [0, 0.05) is 44.2 Å². The highest BCUT2D eigenvalue weighted by atomic mass is 16.3. The summed E-state index contributed by atoms with van der Waals surface area (Å²) < 4.78 is 6.29. The van der Waals surface area contributed by atoms with Crippen LogP contribution in [0.15, 0.2) is 217 Å². The summed E-state index contributed by atoms with van der Waals surface area (Å²) in [7, 11) is 0. The van der Waals surface area contributed by atoms with Gasteiger partial charge >= 0.3 is 0 Å². The van der Waals surface area contributed by atoms with Crippen LogP contribution in [0.5, 0.6) is 0 Å². The van der Waals surface area contributed by atoms with Crippen LogP contribution in [-0.2, 0) is 0 Å². The van der Waals surface area contributed by atoms with E-state index in [2.05, 4.69) is 193 Å². The Labute approximate surface area is 335 Å². The van der Waals surface area contributed by atoms with Gasteiger partial charge in [0.05, 0.1) is 28.1 Å². The van der Waals surface area contributed by atoms with E-state index in [4.69, 9.17) is 14.4 Å². The molecule has 0 aliphatic heterocycles. The number of fused-ring (bicyclic) bond motifs is 6. The number of hydrogen-bond acceptors (Lipinski definition) is 4. The number of rotatable bonds is 7. The third-order valence-electron chi connectivity index (χ3n) is 11.0. The minimum atomic E-state index is 0.858. The largest absolute Gasteiger partial charge is 0.456 e. The topological polar surface area (TPSA) is 42.2 Å². The van der Waals surface area contributed by atoms with Gasteiger partial charge in [0.15, 0.2) is 0 Å². The van der Waals surface area contributed by atoms with E-state index in [9.17, 15) is 0 Å². The summed E-state index contributed by atoms with van der Waals surface area (Å²) in [5.74, 6) is 0. The first-order valence-electron chi connectivity index (χ1n) is 19.6. The van der Waals surface area contributed by atoms with Crippen molar-refractivity contribution in [2.45, 2.75) is 0 Å². The van der Waals surface area contributed by atoms with E-state index in [-0.39, 0.29) is 0 Å². The van der Waals surface area contributed by atoms with E-state index >= 15 is 0 Å². The number of nitrogens with zero attached hydrogens (tertiary/aromatic N) is 3. The molecule has 0 aliphatic rings. The molecule has 2 heterocycles. The smallest absolute Gasteiger partial charge is 0.135 e. The normalized spacial score (nSPS) is 11.4. The predicted octanol–water partition coefficient (Wildman–Crippen LogP) is 14.8. The van der Waals surface area contributed by atoms with Gasteiger partial charge in [0.25, 0.3) is 0 Å². The molecule has 0 amide bonds. The van der Waals surface area contributed by atoms with Crippen LogP contribution in [0.2, 0.25) is 0 Å². The van der Waals surface area contributed by atoms with Crippen molar-refractivity contribution >= 4 is 60.8 Å². The third kappa shape index (κ3) is 5.87. The Balaban J connectivity index is 1.12. The number of anilines is 3. The molecule has 0 radical (unpaired) electrons. The molecule has 0 saturated carbocycles. The molecule has 11 aromatic rings. The standard InChI is InChI=1S/C54H35N3O/c1-4-15-36(16-5-1)39-21-14-22-40(33-39)44-23-10-12-25-49(44)57(43-29-32-51-47(35-43)46-24-11-13-26-50(46)58-51)42-28-30-45-41(34-42)27-31-48-54(45)56-53(38-19-8-3-9-20-38)52(55-48)37-17-6-2-7-18-37/h1-35H. The summed E-state index contributed by atoms with van der Waals surface area (Å²) in [5.41, 5.74) is 15.0. The Kier molecular flexibility index (Phi) is 8.11. The lowest BCUT2D eigenvalue weighted by molar-refractivity contribution is 0.669. The van der Waals surface area contributed by atoms with Gasteiger partial charge in [-0.05, 0) is 76.7 Å². The molecule has 58 heavy (non-hydrogen) atoms. The molecule has 0 spiro atoms. The van der Waals surface area contributed by atoms with Crippen LogP contribution in [0.1, 0.15) is 0 Å². The van der Waals surface area contributed by atoms with Crippen molar-refractivity contribution in [2.24, 2.45) is 0 Å². The zero-order valence-corrected chi connectivity index (χ0v) is 31.5. The predicted molar refractivity (Wildman–Crippen MR) is 241 cm³/mol. The maximum Gasteiger partial charge on any atom is 0.135 e. The molecule has 0 unspecified atom stereocenters. The molecule has 0 N–H and O–H groups in total. The van der Waals surface area contributed by atoms with Crippen molar-refractivity contribution in [3.8, 4) is 44.8 Å². The van der Waals surface area contributed by atoms with Gasteiger partial charge in [0.2, 0.25) is 0 Å². The zero-order chi connectivity index (χ0) is 38.4. The minimum absolute atomic E-state index is 0.858. The van der Waals surface area contributed by atoms with Crippen molar-refractivity contribution < 1.29 is 4.42 Å². The van der Waals surface area contributed by atoms with E-state index in [1.165, 1.54) is 11.1 Å². The number of aromatic nitrogens is 2. The Hall–Kier alpha value is -7.82. The van der Waals surface area contributed by atoms with Crippen molar-refractivity contribution in [3.63, 3.8) is 0 Å². The van der Waals surface area contributed by atoms with Gasteiger partial charge in [-0.25, -0.2) is 9.97 Å². The molecule has 11 rings (SSSR count). The highest BCUT2D eigenvalue weighted by molar-refractivity contribution is 6.09. The Morgan fingerprint density at radius 2 is 0.966 bits per heavy atom. The molecular weight excluding hydrogens is 707 g/mol. The highest BCUT2D eigenvalue weighted by Gasteiger charge is 2.21. The second-order valence-corrected chi connectivity index (χ2v) is 14.6. The van der Waals surface area contributed by atoms with Gasteiger partial charge in [0.1, 0.15) is 11.2 Å². The maximum atomic E-state index is 6.29. The molecule has 0 saturated heterocycles. The fourth-order valence-corrected chi connectivity index (χ4v) is 8.26. The summed E-state index contributed by atoms with van der Waals surface area (Å²) in [5, 5.41) is 4.29. The maximum absolute atomic E-state index is 6.29. The van der Waals surface area contributed by atoms with E-state index < -0.39 is 0 Å². The first kappa shape index (κ1) is 33.5. The number of furan rings is 1. The van der Waals surface area contributed by atoms with Gasteiger partial charge in [-0.3, -0.25) is 0 Å². The molecule has 0 fully saturated rings. The first-order valence-corrected chi connectivity index (χ1v) is 19.6. The van der Waals surface area contributed by atoms with Gasteiger partial charge in [-0.15, -0.1) is 0 Å². The SMILES string of the molecule is c1ccc(-c2cccc(-c3ccccc3N(c3ccc4c(ccc5nc(-c6ccccc6)c(-c6ccccc6)nc54)c3)c3ccc4oc5ccccc5c4c3)c2)cc1. The first-order chi connectivity index (χ1) is 28.7. The molecule has 4 heteroatoms. The molecule has 4 nitrogen and oxygen atoms in total. The van der Waals surface area contributed by atoms with Crippen LogP contribution in [-0.4, -0.2) is 9.97 Å². The van der Waals surface area contributed by atoms with E-state index in [1.807, 2.05) is 24.3 Å². The van der Waals surface area contributed by atoms with Crippen molar-refractivity contribution in [2.75, 3.05) is 4.90 Å². The van der Waals surface area contributed by atoms with Gasteiger partial charge in [-0.2, -0.15) is 0 Å². The number of para-hydroxylation sites is 2. The highest BCUT2D eigenvalue weighted by Crippen LogP contribution is 2.44. The lowest BCUT2D eigenvalue weighted by atomic mass is 9.97. The summed E-state index contributed by atoms with van der Waals surface area (Å²) in [4.78, 5) is 13.0. The summed E-state index contributed by atoms with van der Waals surface area (Å²) in [6, 6.07) is 74.5. The quantitative estimate of drug-likeness (QED) is 0.153.